The summed E-state index contributed by atoms with van der Waals surface area (Å²) in [6.45, 7) is 3.80. The van der Waals surface area contributed by atoms with Gasteiger partial charge in [0.15, 0.2) is 0 Å². The zero-order valence-electron chi connectivity index (χ0n) is 19.4. The maximum absolute atomic E-state index is 13.0. The van der Waals surface area contributed by atoms with Crippen LogP contribution in [0.4, 0.5) is 16.2 Å². The molecule has 35 heavy (non-hydrogen) atoms. The van der Waals surface area contributed by atoms with Gasteiger partial charge in [0.25, 0.3) is 5.91 Å². The van der Waals surface area contributed by atoms with Crippen LogP contribution in [0, 0.1) is 0 Å². The Balaban J connectivity index is 1.14. The van der Waals surface area contributed by atoms with Gasteiger partial charge < -0.3 is 15.5 Å². The second-order valence-corrected chi connectivity index (χ2v) is 8.58. The van der Waals surface area contributed by atoms with E-state index in [1.54, 1.807) is 24.3 Å². The molecule has 1 aliphatic heterocycles. The third-order valence-corrected chi connectivity index (χ3v) is 6.19. The number of hydrogen-bond donors (Lipinski definition) is 2. The third kappa shape index (κ3) is 5.47. The molecule has 7 heteroatoms. The number of fused-ring (bicyclic) bond motifs is 1. The molecule has 2 N–H and O–H groups in total. The van der Waals surface area contributed by atoms with E-state index in [0.717, 1.165) is 30.5 Å². The average molecular weight is 466 g/mol. The van der Waals surface area contributed by atoms with Crippen LogP contribution in [0.5, 0.6) is 0 Å². The van der Waals surface area contributed by atoms with Gasteiger partial charge in [0, 0.05) is 61.2 Å². The number of pyridine rings is 1. The number of benzene rings is 3. The van der Waals surface area contributed by atoms with Crippen molar-refractivity contribution in [2.24, 2.45) is 0 Å². The number of nitrogens with zero attached hydrogens (tertiary/aromatic N) is 3. The van der Waals surface area contributed by atoms with E-state index in [-0.39, 0.29) is 11.9 Å². The Bertz CT molecular complexity index is 1310. The molecule has 0 aliphatic carbocycles. The van der Waals surface area contributed by atoms with E-state index in [9.17, 15) is 9.59 Å². The third-order valence-electron chi connectivity index (χ3n) is 6.19. The lowest BCUT2D eigenvalue weighted by Gasteiger charge is -2.35. The van der Waals surface area contributed by atoms with E-state index in [4.69, 9.17) is 0 Å². The van der Waals surface area contributed by atoms with Crippen molar-refractivity contribution in [1.29, 1.82) is 0 Å². The number of hydrogen-bond acceptors (Lipinski definition) is 4. The van der Waals surface area contributed by atoms with Crippen molar-refractivity contribution >= 4 is 34.2 Å². The van der Waals surface area contributed by atoms with E-state index in [2.05, 4.69) is 44.8 Å². The van der Waals surface area contributed by atoms with Crippen molar-refractivity contribution in [3.63, 3.8) is 0 Å². The monoisotopic (exact) mass is 465 g/mol. The minimum Gasteiger partial charge on any atom is -0.336 e. The molecule has 176 valence electrons. The van der Waals surface area contributed by atoms with Gasteiger partial charge in [-0.2, -0.15) is 0 Å². The quantitative estimate of drug-likeness (QED) is 0.442. The molecule has 0 radical (unpaired) electrons. The minimum absolute atomic E-state index is 0.0109. The highest BCUT2D eigenvalue weighted by Crippen LogP contribution is 2.19. The number of rotatable bonds is 5. The Morgan fingerprint density at radius 2 is 1.43 bits per heavy atom. The maximum atomic E-state index is 13.0. The van der Waals surface area contributed by atoms with Crippen molar-refractivity contribution in [3.8, 4) is 0 Å². The van der Waals surface area contributed by atoms with E-state index in [1.165, 1.54) is 5.56 Å². The van der Waals surface area contributed by atoms with Gasteiger partial charge in [-0.15, -0.1) is 0 Å². The number of anilines is 2. The Hall–Kier alpha value is -4.23. The van der Waals surface area contributed by atoms with Crippen LogP contribution in [-0.4, -0.2) is 52.9 Å². The van der Waals surface area contributed by atoms with Crippen molar-refractivity contribution < 1.29 is 9.59 Å². The zero-order chi connectivity index (χ0) is 24.0. The molecule has 0 unspecified atom stereocenters. The highest BCUT2D eigenvalue weighted by Gasteiger charge is 2.22. The van der Waals surface area contributed by atoms with Gasteiger partial charge in [-0.05, 0) is 48.0 Å². The fourth-order valence-electron chi connectivity index (χ4n) is 4.34. The van der Waals surface area contributed by atoms with Gasteiger partial charge in [0.2, 0.25) is 0 Å². The molecule has 0 saturated carbocycles. The highest BCUT2D eigenvalue weighted by molar-refractivity contribution is 6.00. The average Bonchev–Trinajstić information content (AvgIpc) is 2.90. The van der Waals surface area contributed by atoms with Crippen LogP contribution in [0.2, 0.25) is 0 Å². The summed E-state index contributed by atoms with van der Waals surface area (Å²) in [6.07, 6.45) is 1.83. The summed E-state index contributed by atoms with van der Waals surface area (Å²) in [4.78, 5) is 34.0. The van der Waals surface area contributed by atoms with Crippen molar-refractivity contribution in [3.05, 3.63) is 102 Å². The smallest absolute Gasteiger partial charge is 0.323 e. The molecular formula is C28H27N5O2. The molecule has 3 amide bonds. The van der Waals surface area contributed by atoms with Crippen molar-refractivity contribution in [2.45, 2.75) is 6.54 Å². The second-order valence-electron chi connectivity index (χ2n) is 8.58. The van der Waals surface area contributed by atoms with Crippen LogP contribution in [0.25, 0.3) is 10.9 Å². The Morgan fingerprint density at radius 3 is 2.17 bits per heavy atom. The summed E-state index contributed by atoms with van der Waals surface area (Å²) in [6, 6.07) is 26.3. The summed E-state index contributed by atoms with van der Waals surface area (Å²) in [5.41, 5.74) is 4.21. The van der Waals surface area contributed by atoms with Crippen molar-refractivity contribution in [1.82, 2.24) is 14.8 Å². The Kier molecular flexibility index (Phi) is 6.68. The van der Waals surface area contributed by atoms with Gasteiger partial charge in [0.1, 0.15) is 0 Å². The molecule has 0 spiro atoms. The maximum Gasteiger partial charge on any atom is 0.323 e. The van der Waals surface area contributed by atoms with Gasteiger partial charge in [-0.1, -0.05) is 42.5 Å². The van der Waals surface area contributed by atoms with Crippen LogP contribution in [0.1, 0.15) is 15.9 Å². The second kappa shape index (κ2) is 10.4. The number of urea groups is 1. The molecular weight excluding hydrogens is 438 g/mol. The molecule has 1 saturated heterocycles. The first-order chi connectivity index (χ1) is 17.2. The van der Waals surface area contributed by atoms with Crippen LogP contribution in [0.3, 0.4) is 0 Å². The largest absolute Gasteiger partial charge is 0.336 e. The fourth-order valence-corrected chi connectivity index (χ4v) is 4.34. The molecule has 1 aromatic heterocycles. The number of aromatic nitrogens is 1. The van der Waals surface area contributed by atoms with Gasteiger partial charge in [-0.25, -0.2) is 4.79 Å². The number of carbonyl (C=O) groups is 2. The molecule has 1 aliphatic rings. The number of piperazine rings is 1. The summed E-state index contributed by atoms with van der Waals surface area (Å²) in [5.74, 6) is 0.0109. The standard InChI is InChI=1S/C28H27N5O2/c34-27(22-11-13-25(14-12-22)31-28(35)30-24-9-2-1-3-10-24)33-18-16-32(17-19-33)20-23-7-4-6-21-8-5-15-29-26(21)23/h1-15H,16-20H2,(H2,30,31,35). The first-order valence-electron chi connectivity index (χ1n) is 11.7. The van der Waals surface area contributed by atoms with Gasteiger partial charge in [-0.3, -0.25) is 14.7 Å². The molecule has 5 rings (SSSR count). The van der Waals surface area contributed by atoms with Crippen LogP contribution >= 0.6 is 0 Å². The van der Waals surface area contributed by atoms with E-state index < -0.39 is 0 Å². The summed E-state index contributed by atoms with van der Waals surface area (Å²) in [5, 5.41) is 6.72. The SMILES string of the molecule is O=C(Nc1ccccc1)Nc1ccc(C(=O)N2CCN(Cc3cccc4cccnc34)CC2)cc1. The van der Waals surface area contributed by atoms with E-state index in [1.807, 2.05) is 47.5 Å². The lowest BCUT2D eigenvalue weighted by atomic mass is 10.1. The lowest BCUT2D eigenvalue weighted by molar-refractivity contribution is 0.0629. The number of amides is 3. The van der Waals surface area contributed by atoms with Crippen LogP contribution < -0.4 is 10.6 Å². The molecule has 3 aromatic carbocycles. The van der Waals surface area contributed by atoms with Crippen LogP contribution in [0.15, 0.2) is 91.1 Å². The molecule has 1 fully saturated rings. The molecule has 2 heterocycles. The van der Waals surface area contributed by atoms with Crippen LogP contribution in [-0.2, 0) is 6.54 Å². The normalized spacial score (nSPS) is 14.0. The molecule has 7 nitrogen and oxygen atoms in total. The van der Waals surface area contributed by atoms with E-state index in [0.29, 0.717) is 30.0 Å². The number of nitrogens with one attached hydrogen (secondary N) is 2. The first-order valence-corrected chi connectivity index (χ1v) is 11.7. The van der Waals surface area contributed by atoms with E-state index >= 15 is 0 Å². The van der Waals surface area contributed by atoms with Crippen molar-refractivity contribution in [2.75, 3.05) is 36.8 Å². The predicted octanol–water partition coefficient (Wildman–Crippen LogP) is 4.84. The molecule has 0 atom stereocenters. The Morgan fingerprint density at radius 1 is 0.743 bits per heavy atom. The number of para-hydroxylation sites is 2. The minimum atomic E-state index is -0.326. The predicted molar refractivity (Wildman–Crippen MR) is 138 cm³/mol. The summed E-state index contributed by atoms with van der Waals surface area (Å²) >= 11 is 0. The molecule has 4 aromatic rings. The van der Waals surface area contributed by atoms with Gasteiger partial charge in [0.05, 0.1) is 5.52 Å². The first kappa shape index (κ1) is 22.6. The topological polar surface area (TPSA) is 77.6 Å². The molecule has 0 bridgehead atoms. The fraction of sp³-hybridized carbons (Fsp3) is 0.179. The highest BCUT2D eigenvalue weighted by atomic mass is 16.2. The zero-order valence-corrected chi connectivity index (χ0v) is 19.4. The Labute approximate surface area is 204 Å². The van der Waals surface area contributed by atoms with Gasteiger partial charge >= 0.3 is 6.03 Å². The lowest BCUT2D eigenvalue weighted by Crippen LogP contribution is -2.48. The summed E-state index contributed by atoms with van der Waals surface area (Å²) in [7, 11) is 0. The number of carbonyl (C=O) groups excluding carboxylic acids is 2. The summed E-state index contributed by atoms with van der Waals surface area (Å²) < 4.78 is 0.